The van der Waals surface area contributed by atoms with E-state index in [1.165, 1.54) is 0 Å². The van der Waals surface area contributed by atoms with Crippen LogP contribution in [-0.4, -0.2) is 22.7 Å². The number of nitro benzene ring substituents is 1. The van der Waals surface area contributed by atoms with E-state index in [-0.39, 0.29) is 15.0 Å². The van der Waals surface area contributed by atoms with Crippen molar-refractivity contribution >= 4 is 32.7 Å². The maximum Gasteiger partial charge on any atom is 0.383 e. The van der Waals surface area contributed by atoms with Crippen molar-refractivity contribution in [2.24, 2.45) is 0 Å². The molecule has 11 heteroatoms. The first-order chi connectivity index (χ1) is 11.3. The topological polar surface area (TPSA) is 43.1 Å². The average Bonchev–Trinajstić information content (AvgIpc) is 2.85. The van der Waals surface area contributed by atoms with Gasteiger partial charge in [0.25, 0.3) is 5.69 Å². The number of nitrogens with zero attached hydrogens (tertiary/aromatic N) is 1. The molecular formula is C14H6F7NO2S. The number of hydrogen-bond donors (Lipinski definition) is 0. The number of non-ortho nitro benzene ring substituents is 1. The van der Waals surface area contributed by atoms with Crippen molar-refractivity contribution < 1.29 is 35.7 Å². The summed E-state index contributed by atoms with van der Waals surface area (Å²) in [5.74, 6) is -19.9. The summed E-state index contributed by atoms with van der Waals surface area (Å²) < 4.78 is 95.5. The Bertz CT molecular complexity index is 948. The standard InChI is InChI=1S/C14H6F7NO2S/c1-5-9(7-3-2-6(22(23)24)4-8(7)25-5)10-11(15)13(18,19)14(20,21)12(10,16)17/h2-4H,1H3. The third-order valence-corrected chi connectivity index (χ3v) is 4.98. The Kier molecular flexibility index (Phi) is 3.48. The van der Waals surface area contributed by atoms with E-state index in [4.69, 9.17) is 0 Å². The number of alkyl halides is 6. The van der Waals surface area contributed by atoms with Gasteiger partial charge < -0.3 is 0 Å². The molecule has 0 spiro atoms. The van der Waals surface area contributed by atoms with Crippen LogP contribution in [0.2, 0.25) is 0 Å². The molecule has 1 aromatic carbocycles. The Morgan fingerprint density at radius 2 is 1.68 bits per heavy atom. The minimum Gasteiger partial charge on any atom is -0.258 e. The van der Waals surface area contributed by atoms with E-state index in [1.807, 2.05) is 0 Å². The molecule has 0 radical (unpaired) electrons. The van der Waals surface area contributed by atoms with E-state index in [9.17, 15) is 40.8 Å². The quantitative estimate of drug-likeness (QED) is 0.377. The fourth-order valence-electron chi connectivity index (χ4n) is 2.69. The van der Waals surface area contributed by atoms with E-state index in [0.29, 0.717) is 11.3 Å². The molecule has 1 aliphatic rings. The summed E-state index contributed by atoms with van der Waals surface area (Å²) in [7, 11) is 0. The molecule has 0 fully saturated rings. The van der Waals surface area contributed by atoms with Crippen LogP contribution in [0.25, 0.3) is 15.7 Å². The highest BCUT2D eigenvalue weighted by Gasteiger charge is 2.81. The van der Waals surface area contributed by atoms with Crippen LogP contribution in [-0.2, 0) is 0 Å². The van der Waals surface area contributed by atoms with Crippen LogP contribution < -0.4 is 0 Å². The van der Waals surface area contributed by atoms with Crippen LogP contribution in [0.15, 0.2) is 24.0 Å². The molecule has 3 rings (SSSR count). The Morgan fingerprint density at radius 1 is 1.08 bits per heavy atom. The summed E-state index contributed by atoms with van der Waals surface area (Å²) in [4.78, 5) is 9.82. The van der Waals surface area contributed by atoms with Crippen LogP contribution in [0.5, 0.6) is 0 Å². The Hall–Kier alpha value is -2.17. The monoisotopic (exact) mass is 385 g/mol. The Morgan fingerprint density at radius 3 is 2.16 bits per heavy atom. The highest BCUT2D eigenvalue weighted by molar-refractivity contribution is 7.19. The molecule has 3 nitrogen and oxygen atoms in total. The number of aryl methyl sites for hydroxylation is 1. The summed E-state index contributed by atoms with van der Waals surface area (Å²) in [6, 6.07) is 2.80. The molecule has 1 aromatic heterocycles. The van der Waals surface area contributed by atoms with Crippen molar-refractivity contribution in [3.63, 3.8) is 0 Å². The molecule has 134 valence electrons. The molecule has 0 unspecified atom stereocenters. The lowest BCUT2D eigenvalue weighted by Crippen LogP contribution is -2.48. The van der Waals surface area contributed by atoms with Crippen molar-refractivity contribution in [1.82, 2.24) is 0 Å². The van der Waals surface area contributed by atoms with Crippen molar-refractivity contribution in [3.8, 4) is 0 Å². The summed E-state index contributed by atoms with van der Waals surface area (Å²) in [5, 5.41) is 10.5. The maximum absolute atomic E-state index is 14.0. The van der Waals surface area contributed by atoms with Gasteiger partial charge in [0.15, 0.2) is 5.83 Å². The van der Waals surface area contributed by atoms with E-state index >= 15 is 0 Å². The highest BCUT2D eigenvalue weighted by Crippen LogP contribution is 2.63. The number of halogens is 7. The van der Waals surface area contributed by atoms with Gasteiger partial charge in [-0.25, -0.2) is 4.39 Å². The van der Waals surface area contributed by atoms with Crippen molar-refractivity contribution in [2.45, 2.75) is 24.7 Å². The minimum atomic E-state index is -5.93. The normalized spacial score (nSPS) is 21.1. The fourth-order valence-corrected chi connectivity index (χ4v) is 3.79. The van der Waals surface area contributed by atoms with Gasteiger partial charge in [0.2, 0.25) is 0 Å². The van der Waals surface area contributed by atoms with Gasteiger partial charge in [-0.1, -0.05) is 0 Å². The number of thiophene rings is 1. The second kappa shape index (κ2) is 4.93. The van der Waals surface area contributed by atoms with E-state index in [2.05, 4.69) is 0 Å². The summed E-state index contributed by atoms with van der Waals surface area (Å²) in [5.41, 5.74) is -3.29. The third kappa shape index (κ3) is 2.04. The number of rotatable bonds is 2. The molecule has 25 heavy (non-hydrogen) atoms. The van der Waals surface area contributed by atoms with Crippen LogP contribution >= 0.6 is 11.3 Å². The second-order valence-corrected chi connectivity index (χ2v) is 6.64. The van der Waals surface area contributed by atoms with Gasteiger partial charge in [0.1, 0.15) is 0 Å². The third-order valence-electron chi connectivity index (χ3n) is 3.91. The molecule has 0 saturated heterocycles. The molecule has 1 aliphatic carbocycles. The molecule has 0 atom stereocenters. The summed E-state index contributed by atoms with van der Waals surface area (Å²) >= 11 is 0.672. The number of nitro groups is 1. The molecule has 0 saturated carbocycles. The number of benzene rings is 1. The largest absolute Gasteiger partial charge is 0.383 e. The van der Waals surface area contributed by atoms with Crippen LogP contribution in [0, 0.1) is 17.0 Å². The SMILES string of the molecule is Cc1sc2cc([N+](=O)[O-])ccc2c1C1=C(F)C(F)(F)C(F)(F)C1(F)F. The van der Waals surface area contributed by atoms with Gasteiger partial charge in [-0.05, 0) is 13.0 Å². The van der Waals surface area contributed by atoms with Gasteiger partial charge >= 0.3 is 17.8 Å². The molecule has 0 N–H and O–H groups in total. The van der Waals surface area contributed by atoms with Crippen LogP contribution in [0.3, 0.4) is 0 Å². The maximum atomic E-state index is 14.0. The highest BCUT2D eigenvalue weighted by atomic mass is 32.1. The first kappa shape index (κ1) is 17.6. The molecule has 2 aromatic rings. The lowest BCUT2D eigenvalue weighted by atomic mass is 9.98. The Labute approximate surface area is 138 Å². The minimum absolute atomic E-state index is 0.0105. The molecular weight excluding hydrogens is 379 g/mol. The summed E-state index contributed by atoms with van der Waals surface area (Å²) in [6.45, 7) is 1.15. The lowest BCUT2D eigenvalue weighted by Gasteiger charge is -2.24. The zero-order valence-electron chi connectivity index (χ0n) is 12.0. The van der Waals surface area contributed by atoms with E-state index < -0.39 is 45.3 Å². The van der Waals surface area contributed by atoms with Gasteiger partial charge in [0.05, 0.1) is 10.5 Å². The zero-order valence-corrected chi connectivity index (χ0v) is 12.9. The smallest absolute Gasteiger partial charge is 0.258 e. The predicted molar refractivity (Wildman–Crippen MR) is 76.1 cm³/mol. The fraction of sp³-hybridized carbons (Fsp3) is 0.286. The summed E-state index contributed by atoms with van der Waals surface area (Å²) in [6.07, 6.45) is 0. The van der Waals surface area contributed by atoms with Crippen LogP contribution in [0.4, 0.5) is 36.4 Å². The number of fused-ring (bicyclic) bond motifs is 1. The molecule has 0 bridgehead atoms. The van der Waals surface area contributed by atoms with Crippen LogP contribution in [0.1, 0.15) is 10.4 Å². The van der Waals surface area contributed by atoms with Gasteiger partial charge in [-0.15, -0.1) is 11.3 Å². The van der Waals surface area contributed by atoms with Gasteiger partial charge in [-0.3, -0.25) is 10.1 Å². The first-order valence-corrected chi connectivity index (χ1v) is 7.37. The lowest BCUT2D eigenvalue weighted by molar-refractivity contribution is -0.384. The van der Waals surface area contributed by atoms with E-state index in [1.54, 1.807) is 0 Å². The van der Waals surface area contributed by atoms with Gasteiger partial charge in [0, 0.05) is 32.7 Å². The first-order valence-electron chi connectivity index (χ1n) is 6.56. The number of hydrogen-bond acceptors (Lipinski definition) is 3. The predicted octanol–water partition coefficient (Wildman–Crippen LogP) is 5.72. The Balaban J connectivity index is 2.35. The van der Waals surface area contributed by atoms with Crippen molar-refractivity contribution in [2.75, 3.05) is 0 Å². The van der Waals surface area contributed by atoms with E-state index in [0.717, 1.165) is 25.1 Å². The van der Waals surface area contributed by atoms with Crippen molar-refractivity contribution in [3.05, 3.63) is 44.6 Å². The average molecular weight is 385 g/mol. The molecule has 0 amide bonds. The molecule has 0 aliphatic heterocycles. The zero-order chi connectivity index (χ0) is 18.9. The number of allylic oxidation sites excluding steroid dienone is 2. The second-order valence-electron chi connectivity index (χ2n) is 5.38. The molecule has 1 heterocycles. The van der Waals surface area contributed by atoms with Gasteiger partial charge in [-0.2, -0.15) is 26.3 Å². The van der Waals surface area contributed by atoms with Crippen molar-refractivity contribution in [1.29, 1.82) is 0 Å².